The maximum absolute atomic E-state index is 13.5. The van der Waals surface area contributed by atoms with Crippen LogP contribution in [0.3, 0.4) is 0 Å². The molecule has 5 heteroatoms. The van der Waals surface area contributed by atoms with Crippen LogP contribution < -0.4 is 11.1 Å². The molecule has 21 heavy (non-hydrogen) atoms. The molecule has 1 aromatic rings. The van der Waals surface area contributed by atoms with Crippen LogP contribution in [0.4, 0.5) is 9.18 Å². The lowest BCUT2D eigenvalue weighted by molar-refractivity contribution is 0.0529. The van der Waals surface area contributed by atoms with Gasteiger partial charge in [-0.1, -0.05) is 18.2 Å². The molecule has 0 fully saturated rings. The van der Waals surface area contributed by atoms with Crippen molar-refractivity contribution in [2.45, 2.75) is 39.3 Å². The molecule has 0 heterocycles. The fourth-order valence-electron chi connectivity index (χ4n) is 1.63. The zero-order valence-corrected chi connectivity index (χ0v) is 12.8. The lowest BCUT2D eigenvalue weighted by Gasteiger charge is -2.19. The molecule has 0 aromatic heterocycles. The molecule has 0 saturated heterocycles. The molecule has 1 aromatic carbocycles. The van der Waals surface area contributed by atoms with E-state index in [9.17, 15) is 9.18 Å². The number of alkyl carbamates (subject to hydrolysis) is 1. The number of carbonyl (C=O) groups excluding carboxylic acids is 1. The molecule has 0 radical (unpaired) electrons. The van der Waals surface area contributed by atoms with Gasteiger partial charge < -0.3 is 15.8 Å². The minimum absolute atomic E-state index is 0.288. The van der Waals surface area contributed by atoms with Crippen molar-refractivity contribution in [3.63, 3.8) is 0 Å². The molecule has 4 nitrogen and oxygen atoms in total. The first-order valence-electron chi connectivity index (χ1n) is 6.94. The number of nitrogens with two attached hydrogens (primary N) is 1. The van der Waals surface area contributed by atoms with Crippen molar-refractivity contribution in [3.8, 4) is 0 Å². The Morgan fingerprint density at radius 2 is 2.14 bits per heavy atom. The fraction of sp³-hybridized carbons (Fsp3) is 0.438. The van der Waals surface area contributed by atoms with Gasteiger partial charge in [-0.15, -0.1) is 0 Å². The van der Waals surface area contributed by atoms with Gasteiger partial charge in [0.1, 0.15) is 11.4 Å². The average Bonchev–Trinajstić information content (AvgIpc) is 2.38. The highest BCUT2D eigenvalue weighted by atomic mass is 19.1. The quantitative estimate of drug-likeness (QED) is 0.820. The SMILES string of the molecule is CC(C)(C)OC(=O)NCCC=Cc1cc(CN)ccc1F. The van der Waals surface area contributed by atoms with E-state index >= 15 is 0 Å². The topological polar surface area (TPSA) is 64.3 Å². The summed E-state index contributed by atoms with van der Waals surface area (Å²) in [6.07, 6.45) is 3.62. The maximum Gasteiger partial charge on any atom is 0.407 e. The third kappa shape index (κ3) is 6.90. The summed E-state index contributed by atoms with van der Waals surface area (Å²) in [5.41, 5.74) is 6.39. The predicted octanol–water partition coefficient (Wildman–Crippen LogP) is 3.21. The lowest BCUT2D eigenvalue weighted by atomic mass is 10.1. The van der Waals surface area contributed by atoms with Crippen LogP contribution in [0.25, 0.3) is 6.08 Å². The molecule has 116 valence electrons. The van der Waals surface area contributed by atoms with Crippen LogP contribution in [0.5, 0.6) is 0 Å². The smallest absolute Gasteiger partial charge is 0.407 e. The lowest BCUT2D eigenvalue weighted by Crippen LogP contribution is -2.32. The predicted molar refractivity (Wildman–Crippen MR) is 82.2 cm³/mol. The number of hydrogen-bond acceptors (Lipinski definition) is 3. The zero-order valence-electron chi connectivity index (χ0n) is 12.8. The molecule has 0 unspecified atom stereocenters. The molecule has 0 saturated carbocycles. The number of carbonyl (C=O) groups is 1. The van der Waals surface area contributed by atoms with E-state index in [1.165, 1.54) is 6.07 Å². The highest BCUT2D eigenvalue weighted by Crippen LogP contribution is 2.12. The Labute approximate surface area is 125 Å². The average molecular weight is 294 g/mol. The molecule has 0 bridgehead atoms. The minimum Gasteiger partial charge on any atom is -0.444 e. The van der Waals surface area contributed by atoms with Crippen LogP contribution in [0, 0.1) is 5.82 Å². The second-order valence-corrected chi connectivity index (χ2v) is 5.68. The largest absolute Gasteiger partial charge is 0.444 e. The summed E-state index contributed by atoms with van der Waals surface area (Å²) in [4.78, 5) is 11.4. The van der Waals surface area contributed by atoms with Gasteiger partial charge in [-0.3, -0.25) is 0 Å². The third-order valence-corrected chi connectivity index (χ3v) is 2.57. The van der Waals surface area contributed by atoms with Crippen molar-refractivity contribution < 1.29 is 13.9 Å². The number of nitrogens with one attached hydrogen (secondary N) is 1. The van der Waals surface area contributed by atoms with Gasteiger partial charge in [0.15, 0.2) is 0 Å². The van der Waals surface area contributed by atoms with E-state index in [1.807, 2.05) is 0 Å². The van der Waals surface area contributed by atoms with Crippen LogP contribution in [-0.4, -0.2) is 18.2 Å². The van der Waals surface area contributed by atoms with Crippen LogP contribution in [0.2, 0.25) is 0 Å². The number of amides is 1. The summed E-state index contributed by atoms with van der Waals surface area (Å²) < 4.78 is 18.7. The first kappa shape index (κ1) is 17.2. The third-order valence-electron chi connectivity index (χ3n) is 2.57. The molecular weight excluding hydrogens is 271 g/mol. The summed E-state index contributed by atoms with van der Waals surface area (Å²) in [6.45, 7) is 6.23. The van der Waals surface area contributed by atoms with Crippen LogP contribution >= 0.6 is 0 Å². The molecule has 3 N–H and O–H groups in total. The van der Waals surface area contributed by atoms with E-state index in [-0.39, 0.29) is 5.82 Å². The summed E-state index contributed by atoms with van der Waals surface area (Å²) in [5.74, 6) is -0.288. The minimum atomic E-state index is -0.508. The van der Waals surface area contributed by atoms with E-state index in [4.69, 9.17) is 10.5 Å². The second kappa shape index (κ2) is 7.78. The van der Waals surface area contributed by atoms with E-state index in [2.05, 4.69) is 5.32 Å². The van der Waals surface area contributed by atoms with Crippen molar-refractivity contribution in [2.24, 2.45) is 5.73 Å². The van der Waals surface area contributed by atoms with Crippen molar-refractivity contribution in [1.29, 1.82) is 0 Å². The van der Waals surface area contributed by atoms with E-state index in [1.54, 1.807) is 45.1 Å². The monoisotopic (exact) mass is 294 g/mol. The Morgan fingerprint density at radius 3 is 2.76 bits per heavy atom. The Balaban J connectivity index is 2.40. The van der Waals surface area contributed by atoms with E-state index in [0.717, 1.165) is 5.56 Å². The maximum atomic E-state index is 13.5. The normalized spacial score (nSPS) is 11.7. The molecule has 0 spiro atoms. The number of halogens is 1. The standard InChI is InChI=1S/C16H23FN2O2/c1-16(2,3)21-15(20)19-9-5-4-6-13-10-12(11-18)7-8-14(13)17/h4,6-8,10H,5,9,11,18H2,1-3H3,(H,19,20). The van der Waals surface area contributed by atoms with E-state index < -0.39 is 11.7 Å². The molecule has 0 aliphatic heterocycles. The van der Waals surface area contributed by atoms with Gasteiger partial charge >= 0.3 is 6.09 Å². The molecule has 0 aliphatic rings. The Bertz CT molecular complexity index is 507. The fourth-order valence-corrected chi connectivity index (χ4v) is 1.63. The van der Waals surface area contributed by atoms with Crippen molar-refractivity contribution >= 4 is 12.2 Å². The van der Waals surface area contributed by atoms with Gasteiger partial charge in [0.05, 0.1) is 0 Å². The van der Waals surface area contributed by atoms with Gasteiger partial charge in [0, 0.05) is 18.7 Å². The zero-order chi connectivity index (χ0) is 15.9. The number of rotatable bonds is 5. The Hall–Kier alpha value is -1.88. The number of ether oxygens (including phenoxy) is 1. The van der Waals surface area contributed by atoms with Crippen molar-refractivity contribution in [3.05, 3.63) is 41.2 Å². The summed E-state index contributed by atoms with van der Waals surface area (Å²) >= 11 is 0. The molecule has 1 rings (SSSR count). The first-order chi connectivity index (χ1) is 9.81. The number of hydrogen-bond donors (Lipinski definition) is 2. The van der Waals surface area contributed by atoms with Gasteiger partial charge in [-0.25, -0.2) is 9.18 Å². The highest BCUT2D eigenvalue weighted by Gasteiger charge is 2.15. The molecule has 0 aliphatic carbocycles. The van der Waals surface area contributed by atoms with Crippen molar-refractivity contribution in [2.75, 3.05) is 6.54 Å². The Kier molecular flexibility index (Phi) is 6.37. The van der Waals surface area contributed by atoms with E-state index in [0.29, 0.717) is 25.1 Å². The number of benzene rings is 1. The Morgan fingerprint density at radius 1 is 1.43 bits per heavy atom. The molecule has 1 amide bonds. The first-order valence-corrected chi connectivity index (χ1v) is 6.94. The van der Waals surface area contributed by atoms with Gasteiger partial charge in [0.2, 0.25) is 0 Å². The highest BCUT2D eigenvalue weighted by molar-refractivity contribution is 5.67. The van der Waals surface area contributed by atoms with Crippen LogP contribution in [0.15, 0.2) is 24.3 Å². The van der Waals surface area contributed by atoms with Crippen molar-refractivity contribution in [1.82, 2.24) is 5.32 Å². The second-order valence-electron chi connectivity index (χ2n) is 5.68. The van der Waals surface area contributed by atoms with Crippen LogP contribution in [0.1, 0.15) is 38.3 Å². The summed E-state index contributed by atoms with van der Waals surface area (Å²) in [6, 6.07) is 4.78. The summed E-state index contributed by atoms with van der Waals surface area (Å²) in [5, 5.41) is 2.64. The summed E-state index contributed by atoms with van der Waals surface area (Å²) in [7, 11) is 0. The van der Waals surface area contributed by atoms with Gasteiger partial charge in [-0.2, -0.15) is 0 Å². The van der Waals surface area contributed by atoms with Gasteiger partial charge in [0.25, 0.3) is 0 Å². The van der Waals surface area contributed by atoms with Gasteiger partial charge in [-0.05, 0) is 44.9 Å². The van der Waals surface area contributed by atoms with Crippen LogP contribution in [-0.2, 0) is 11.3 Å². The molecular formula is C16H23FN2O2. The molecule has 0 atom stereocenters.